The Hall–Kier alpha value is -6.63. The van der Waals surface area contributed by atoms with Crippen molar-refractivity contribution in [2.75, 3.05) is 12.3 Å². The maximum atomic E-state index is 13.5. The second-order valence-corrected chi connectivity index (χ2v) is 16.2. The fraction of sp³-hybridized carbons (Fsp3) is 0.581. The molecule has 0 heterocycles. The van der Waals surface area contributed by atoms with Gasteiger partial charge in [0.25, 0.3) is 6.47 Å². The molecule has 1 rings (SSSR count). The molecule has 12 N–H and O–H groups in total. The number of benzene rings is 1. The number of hydrogen-bond acceptors (Lipinski definition) is 15. The van der Waals surface area contributed by atoms with E-state index in [1.807, 2.05) is 0 Å². The summed E-state index contributed by atoms with van der Waals surface area (Å²) in [6.45, 7) is 0.967. The Kier molecular flexibility index (Phi) is 28.8. The fourth-order valence-electron chi connectivity index (χ4n) is 6.32. The van der Waals surface area contributed by atoms with E-state index in [2.05, 4.69) is 49.3 Å². The van der Waals surface area contributed by atoms with Gasteiger partial charge >= 0.3 is 29.9 Å². The lowest BCUT2D eigenvalue weighted by Gasteiger charge is -2.22. The molecule has 0 radical (unpaired) electrons. The molecule has 0 saturated carbocycles. The predicted molar refractivity (Wildman–Crippen MR) is 242 cm³/mol. The second-order valence-electron chi connectivity index (χ2n) is 15.8. The first kappa shape index (κ1) is 59.4. The summed E-state index contributed by atoms with van der Waals surface area (Å²) in [5.74, 6) is -11.9. The number of carboxylic acids is 4. The smallest absolute Gasteiger partial charge is 0.326 e. The number of urea groups is 1. The van der Waals surface area contributed by atoms with Gasteiger partial charge in [-0.05, 0) is 38.2 Å². The molecule has 6 amide bonds. The summed E-state index contributed by atoms with van der Waals surface area (Å²) in [5.41, 5.74) is 6.50. The Morgan fingerprint density at radius 3 is 1.87 bits per heavy atom. The van der Waals surface area contributed by atoms with Gasteiger partial charge in [0.05, 0.1) is 18.9 Å². The van der Waals surface area contributed by atoms with Crippen LogP contribution in [0.25, 0.3) is 0 Å². The summed E-state index contributed by atoms with van der Waals surface area (Å²) in [6, 6.07) is 1.32. The van der Waals surface area contributed by atoms with Gasteiger partial charge in [-0.25, -0.2) is 9.59 Å². The zero-order valence-electron chi connectivity index (χ0n) is 37.6. The van der Waals surface area contributed by atoms with Crippen molar-refractivity contribution in [3.63, 3.8) is 0 Å². The molecule has 0 aromatic heterocycles. The van der Waals surface area contributed by atoms with Gasteiger partial charge in [-0.3, -0.25) is 47.9 Å². The number of unbranched alkanes of at least 4 members (excludes halogenated alkanes) is 5. The minimum atomic E-state index is -1.95. The van der Waals surface area contributed by atoms with E-state index < -0.39 is 127 Å². The Labute approximate surface area is 397 Å². The number of carboxylic acid groups (broad SMARTS) is 4. The van der Waals surface area contributed by atoms with Gasteiger partial charge in [-0.1, -0.05) is 56.0 Å². The lowest BCUT2D eigenvalue weighted by atomic mass is 9.93. The van der Waals surface area contributed by atoms with Gasteiger partial charge in [-0.2, -0.15) is 12.6 Å². The van der Waals surface area contributed by atoms with Crippen molar-refractivity contribution >= 4 is 84.2 Å². The van der Waals surface area contributed by atoms with Crippen LogP contribution in [0.1, 0.15) is 102 Å². The van der Waals surface area contributed by atoms with Crippen LogP contribution in [0, 0.1) is 5.92 Å². The molecule has 0 unspecified atom stereocenters. The van der Waals surface area contributed by atoms with Crippen LogP contribution in [0.5, 0.6) is 0 Å². The molecular formula is C43H63N7O17S. The average Bonchev–Trinajstić information content (AvgIpc) is 3.27. The summed E-state index contributed by atoms with van der Waals surface area (Å²) in [7, 11) is 0. The second kappa shape index (κ2) is 32.9. The lowest BCUT2D eigenvalue weighted by molar-refractivity contribution is -0.149. The van der Waals surface area contributed by atoms with Crippen molar-refractivity contribution < 1.29 is 82.7 Å². The van der Waals surface area contributed by atoms with E-state index in [0.717, 1.165) is 0 Å². The largest absolute Gasteiger partial charge is 0.481 e. The number of Topliss-reactive ketones (excluding diaryl/α,β-unsaturated/α-hetero) is 2. The average molecular weight is 982 g/mol. The van der Waals surface area contributed by atoms with Crippen molar-refractivity contribution in [1.82, 2.24) is 31.9 Å². The van der Waals surface area contributed by atoms with E-state index in [-0.39, 0.29) is 56.5 Å². The Balaban J connectivity index is 2.65. The number of ketones is 2. The van der Waals surface area contributed by atoms with Crippen molar-refractivity contribution in [1.29, 1.82) is 0 Å². The SMILES string of the molecule is C[C@H](CS)NC(=O)[C@H](CC(=O)O)NC(=O)[C@@H](N)CNC(=O)[C@H](CC(=O)[C@H](Cc1ccccc1)NC(=O)CCCCCCCCC(=O)CC[C@H](NC(=O)N[C@@H](CCC(=O)O)OC=O)C(=O)O)C(=O)O. The van der Waals surface area contributed by atoms with Gasteiger partial charge in [0.1, 0.15) is 29.8 Å². The summed E-state index contributed by atoms with van der Waals surface area (Å²) >= 11 is 4.04. The molecule has 0 spiro atoms. The third kappa shape index (κ3) is 25.9. The molecule has 1 aromatic carbocycles. The maximum Gasteiger partial charge on any atom is 0.326 e. The highest BCUT2D eigenvalue weighted by Gasteiger charge is 2.34. The Bertz CT molecular complexity index is 1890. The first-order chi connectivity index (χ1) is 32.2. The van der Waals surface area contributed by atoms with Gasteiger partial charge in [-0.15, -0.1) is 0 Å². The van der Waals surface area contributed by atoms with Crippen LogP contribution >= 0.6 is 12.6 Å². The number of hydrogen-bond donors (Lipinski definition) is 12. The number of carbonyl (C=O) groups is 12. The normalized spacial score (nSPS) is 13.9. The monoisotopic (exact) mass is 981 g/mol. The summed E-state index contributed by atoms with van der Waals surface area (Å²) in [4.78, 5) is 146. The quantitative estimate of drug-likeness (QED) is 0.0135. The van der Waals surface area contributed by atoms with E-state index in [4.69, 9.17) is 10.8 Å². The first-order valence-electron chi connectivity index (χ1n) is 21.8. The third-order valence-electron chi connectivity index (χ3n) is 10.1. The molecule has 378 valence electrons. The maximum absolute atomic E-state index is 13.5. The third-order valence-corrected chi connectivity index (χ3v) is 10.6. The number of aliphatic carboxylic acids is 4. The molecule has 0 aliphatic carbocycles. The van der Waals surface area contributed by atoms with Crippen LogP contribution in [0.15, 0.2) is 30.3 Å². The first-order valence-corrected chi connectivity index (χ1v) is 22.5. The minimum Gasteiger partial charge on any atom is -0.481 e. The number of rotatable bonds is 37. The van der Waals surface area contributed by atoms with Gasteiger partial charge in [0.2, 0.25) is 23.6 Å². The summed E-state index contributed by atoms with van der Waals surface area (Å²) < 4.78 is 4.60. The molecule has 1 aromatic rings. The van der Waals surface area contributed by atoms with E-state index >= 15 is 0 Å². The van der Waals surface area contributed by atoms with Crippen LogP contribution in [0.3, 0.4) is 0 Å². The molecule has 0 bridgehead atoms. The molecular weight excluding hydrogens is 919 g/mol. The van der Waals surface area contributed by atoms with Gasteiger partial charge in [0.15, 0.2) is 12.0 Å². The highest BCUT2D eigenvalue weighted by atomic mass is 32.1. The summed E-state index contributed by atoms with van der Waals surface area (Å²) in [6.07, 6.45) is -0.204. The van der Waals surface area contributed by atoms with Crippen LogP contribution in [0.4, 0.5) is 4.79 Å². The molecule has 68 heavy (non-hydrogen) atoms. The zero-order valence-corrected chi connectivity index (χ0v) is 38.5. The molecule has 7 atom stereocenters. The van der Waals surface area contributed by atoms with Crippen molar-refractivity contribution in [3.8, 4) is 0 Å². The van der Waals surface area contributed by atoms with Crippen LogP contribution < -0.4 is 37.6 Å². The predicted octanol–water partition coefficient (Wildman–Crippen LogP) is -0.202. The highest BCUT2D eigenvalue weighted by Crippen LogP contribution is 2.14. The molecule has 0 aliphatic heterocycles. The standard InChI is InChI=1S/C43H63N7O17S/c1-25(23-68)46-40(61)32(21-37(57)58)48-39(60)29(44)22-45-38(59)28(41(62)63)20-33(53)31(19-26-11-7-6-8-12-26)47-34(54)14-10-5-3-2-4-9-13-27(52)15-16-30(42(64)65)49-43(66)50-35(67-24-51)17-18-36(55)56/h6-8,11-12,24-25,28-32,35,68H,2-5,9-10,13-23,44H2,1H3,(H,45,59)(H,46,61)(H,47,54)(H,48,60)(H,55,56)(H,57,58)(H,62,63)(H,64,65)(H2,49,50,66)/t25-,28+,29+,30+,31+,32+,35-/m1/s1. The molecule has 0 fully saturated rings. The number of thiol groups is 1. The number of amides is 6. The number of carbonyl (C=O) groups excluding carboxylic acids is 8. The van der Waals surface area contributed by atoms with Crippen molar-refractivity contribution in [3.05, 3.63) is 35.9 Å². The Morgan fingerprint density at radius 1 is 0.662 bits per heavy atom. The zero-order chi connectivity index (χ0) is 51.2. The number of nitrogens with one attached hydrogen (secondary N) is 6. The van der Waals surface area contributed by atoms with Crippen LogP contribution in [-0.4, -0.2) is 141 Å². The van der Waals surface area contributed by atoms with Gasteiger partial charge < -0.3 is 62.8 Å². The highest BCUT2D eigenvalue weighted by molar-refractivity contribution is 7.80. The fourth-order valence-corrected chi connectivity index (χ4v) is 6.41. The topological polar surface area (TPSA) is 393 Å². The van der Waals surface area contributed by atoms with E-state index in [0.29, 0.717) is 44.1 Å². The summed E-state index contributed by atoms with van der Waals surface area (Å²) in [5, 5.41) is 51.2. The van der Waals surface area contributed by atoms with E-state index in [1.54, 1.807) is 37.3 Å². The Morgan fingerprint density at radius 2 is 1.29 bits per heavy atom. The van der Waals surface area contributed by atoms with Crippen molar-refractivity contribution in [2.45, 2.75) is 140 Å². The lowest BCUT2D eigenvalue weighted by Crippen LogP contribution is -2.56. The van der Waals surface area contributed by atoms with Crippen LogP contribution in [0.2, 0.25) is 0 Å². The molecule has 24 nitrogen and oxygen atoms in total. The minimum absolute atomic E-state index is 0.00524. The number of ether oxygens (including phenoxy) is 1. The number of nitrogens with two attached hydrogens (primary N) is 1. The van der Waals surface area contributed by atoms with E-state index in [1.165, 1.54) is 0 Å². The van der Waals surface area contributed by atoms with Gasteiger partial charge in [0, 0.05) is 50.4 Å². The van der Waals surface area contributed by atoms with Crippen LogP contribution in [-0.2, 0) is 63.9 Å². The van der Waals surface area contributed by atoms with E-state index in [9.17, 15) is 72.9 Å². The molecule has 25 heteroatoms. The molecule has 0 aliphatic rings. The molecule has 0 saturated heterocycles. The van der Waals surface area contributed by atoms with Crippen molar-refractivity contribution in [2.24, 2.45) is 11.7 Å².